The summed E-state index contributed by atoms with van der Waals surface area (Å²) in [5, 5.41) is 14.3. The van der Waals surface area contributed by atoms with Gasteiger partial charge in [0.1, 0.15) is 0 Å². The minimum Gasteiger partial charge on any atom is -0.619 e. The van der Waals surface area contributed by atoms with E-state index in [1.54, 1.807) is 4.90 Å². The number of carbonyl (C=O) groups excluding carboxylic acids is 2. The summed E-state index contributed by atoms with van der Waals surface area (Å²) in [5.74, 6) is -0.504. The highest BCUT2D eigenvalue weighted by Gasteiger charge is 2.21. The van der Waals surface area contributed by atoms with E-state index in [0.29, 0.717) is 41.5 Å². The first kappa shape index (κ1) is 18.0. The van der Waals surface area contributed by atoms with Gasteiger partial charge < -0.3 is 20.3 Å². The van der Waals surface area contributed by atoms with Gasteiger partial charge in [-0.15, -0.1) is 0 Å². The smallest absolute Gasteiger partial charge is 0.252 e. The minimum atomic E-state index is -0.378. The molecule has 7 nitrogen and oxygen atoms in total. The van der Waals surface area contributed by atoms with E-state index in [-0.39, 0.29) is 18.4 Å². The lowest BCUT2D eigenvalue weighted by Crippen LogP contribution is -2.51. The first-order valence-corrected chi connectivity index (χ1v) is 8.66. The molecule has 1 aliphatic heterocycles. The first-order chi connectivity index (χ1) is 12.5. The lowest BCUT2D eigenvalue weighted by atomic mass is 10.2. The topological polar surface area (TPSA) is 79.6 Å². The summed E-state index contributed by atoms with van der Waals surface area (Å²) in [7, 11) is 0. The van der Waals surface area contributed by atoms with Crippen LogP contribution in [0.25, 0.3) is 0 Å². The van der Waals surface area contributed by atoms with Crippen LogP contribution in [0.3, 0.4) is 0 Å². The van der Waals surface area contributed by atoms with Crippen molar-refractivity contribution in [3.63, 3.8) is 0 Å². The number of carbonyl (C=O) groups is 2. The molecule has 3 rings (SSSR count). The number of hydrogen-bond acceptors (Lipinski definition) is 4. The van der Waals surface area contributed by atoms with Crippen LogP contribution in [0.5, 0.6) is 0 Å². The van der Waals surface area contributed by atoms with Crippen molar-refractivity contribution in [1.29, 1.82) is 0 Å². The zero-order valence-corrected chi connectivity index (χ0v) is 14.9. The van der Waals surface area contributed by atoms with Crippen LogP contribution in [0, 0.1) is 5.21 Å². The number of nitrogens with one attached hydrogen (secondary N) is 1. The summed E-state index contributed by atoms with van der Waals surface area (Å²) >= 11 is 6.02. The number of piperazine rings is 1. The number of pyridine rings is 1. The van der Waals surface area contributed by atoms with E-state index in [0.717, 1.165) is 5.69 Å². The van der Waals surface area contributed by atoms with Gasteiger partial charge in [0.25, 0.3) is 5.91 Å². The van der Waals surface area contributed by atoms with Crippen LogP contribution in [0.1, 0.15) is 10.4 Å². The summed E-state index contributed by atoms with van der Waals surface area (Å²) in [5.41, 5.74) is 1.38. The molecule has 136 valence electrons. The van der Waals surface area contributed by atoms with Gasteiger partial charge in [-0.3, -0.25) is 9.59 Å². The molecule has 0 aliphatic carbocycles. The maximum Gasteiger partial charge on any atom is 0.252 e. The summed E-state index contributed by atoms with van der Waals surface area (Å²) in [4.78, 5) is 28.2. The molecule has 0 bridgehead atoms. The summed E-state index contributed by atoms with van der Waals surface area (Å²) in [6.07, 6.45) is 2.48. The van der Waals surface area contributed by atoms with Gasteiger partial charge in [-0.2, -0.15) is 4.73 Å². The number of benzene rings is 1. The molecule has 0 saturated carbocycles. The molecule has 8 heteroatoms. The Labute approximate surface area is 156 Å². The third-order valence-electron chi connectivity index (χ3n) is 4.27. The van der Waals surface area contributed by atoms with Gasteiger partial charge in [0, 0.05) is 49.0 Å². The van der Waals surface area contributed by atoms with Crippen LogP contribution >= 0.6 is 11.6 Å². The second-order valence-corrected chi connectivity index (χ2v) is 6.41. The predicted octanol–water partition coefficient (Wildman–Crippen LogP) is 1.05. The molecule has 0 radical (unpaired) electrons. The van der Waals surface area contributed by atoms with Crippen LogP contribution in [-0.2, 0) is 4.79 Å². The second kappa shape index (κ2) is 8.05. The highest BCUT2D eigenvalue weighted by Crippen LogP contribution is 2.20. The van der Waals surface area contributed by atoms with Gasteiger partial charge in [0.05, 0.1) is 12.1 Å². The summed E-state index contributed by atoms with van der Waals surface area (Å²) < 4.78 is 0.599. The fourth-order valence-corrected chi connectivity index (χ4v) is 3.01. The highest BCUT2D eigenvalue weighted by atomic mass is 35.5. The van der Waals surface area contributed by atoms with E-state index in [1.165, 1.54) is 24.5 Å². The van der Waals surface area contributed by atoms with Gasteiger partial charge >= 0.3 is 0 Å². The third-order valence-corrected chi connectivity index (χ3v) is 4.51. The quantitative estimate of drug-likeness (QED) is 0.641. The number of aromatic nitrogens is 1. The molecule has 1 aromatic heterocycles. The number of halogens is 1. The SMILES string of the molecule is O=C(NCC(=O)N1CCN(c2cccc(Cl)c2)CC1)c1cc[n+]([O-])cc1. The van der Waals surface area contributed by atoms with Crippen LogP contribution in [0.15, 0.2) is 48.8 Å². The van der Waals surface area contributed by atoms with Gasteiger partial charge in [0.15, 0.2) is 12.4 Å². The standard InChI is InChI=1S/C18H19ClN4O3/c19-15-2-1-3-16(12-15)21-8-10-22(11-9-21)17(24)13-20-18(25)14-4-6-23(26)7-5-14/h1-7,12H,8-11,13H2,(H,20,25). The van der Waals surface area contributed by atoms with Crippen molar-refractivity contribution >= 4 is 29.1 Å². The largest absolute Gasteiger partial charge is 0.619 e. The monoisotopic (exact) mass is 374 g/mol. The number of rotatable bonds is 4. The Morgan fingerprint density at radius 3 is 2.46 bits per heavy atom. The molecule has 1 aliphatic rings. The molecule has 2 aromatic rings. The van der Waals surface area contributed by atoms with E-state index >= 15 is 0 Å². The number of amides is 2. The number of anilines is 1. The van der Waals surface area contributed by atoms with Crippen LogP contribution in [-0.4, -0.2) is 49.4 Å². The Bertz CT molecular complexity index is 789. The molecule has 1 fully saturated rings. The van der Waals surface area contributed by atoms with Gasteiger partial charge in [-0.05, 0) is 18.2 Å². The lowest BCUT2D eigenvalue weighted by molar-refractivity contribution is -0.605. The van der Waals surface area contributed by atoms with E-state index < -0.39 is 0 Å². The lowest BCUT2D eigenvalue weighted by Gasteiger charge is -2.36. The normalized spacial score (nSPS) is 14.2. The zero-order chi connectivity index (χ0) is 18.5. The van der Waals surface area contributed by atoms with Crippen LogP contribution < -0.4 is 14.9 Å². The molecule has 0 atom stereocenters. The van der Waals surface area contributed by atoms with Gasteiger partial charge in [-0.25, -0.2) is 0 Å². The molecule has 1 saturated heterocycles. The van der Waals surface area contributed by atoms with Crippen LogP contribution in [0.2, 0.25) is 5.02 Å². The molecule has 26 heavy (non-hydrogen) atoms. The van der Waals surface area contributed by atoms with Crippen molar-refractivity contribution in [2.24, 2.45) is 0 Å². The van der Waals surface area contributed by atoms with E-state index in [1.807, 2.05) is 24.3 Å². The second-order valence-electron chi connectivity index (χ2n) is 5.98. The molecule has 1 aromatic carbocycles. The van der Waals surface area contributed by atoms with E-state index in [4.69, 9.17) is 11.6 Å². The molecular weight excluding hydrogens is 356 g/mol. The number of nitrogens with zero attached hydrogens (tertiary/aromatic N) is 3. The van der Waals surface area contributed by atoms with Crippen molar-refractivity contribution < 1.29 is 14.3 Å². The van der Waals surface area contributed by atoms with Gasteiger partial charge in [-0.1, -0.05) is 17.7 Å². The average Bonchev–Trinajstić information content (AvgIpc) is 2.66. The Hall–Kier alpha value is -2.80. The van der Waals surface area contributed by atoms with Gasteiger partial charge in [0.2, 0.25) is 5.91 Å². The fourth-order valence-electron chi connectivity index (χ4n) is 2.82. The minimum absolute atomic E-state index is 0.0672. The van der Waals surface area contributed by atoms with Crippen molar-refractivity contribution in [2.45, 2.75) is 0 Å². The Balaban J connectivity index is 1.47. The Morgan fingerprint density at radius 1 is 1.12 bits per heavy atom. The van der Waals surface area contributed by atoms with Crippen molar-refractivity contribution in [3.8, 4) is 0 Å². The predicted molar refractivity (Wildman–Crippen MR) is 98.0 cm³/mol. The average molecular weight is 375 g/mol. The zero-order valence-electron chi connectivity index (χ0n) is 14.1. The maximum atomic E-state index is 12.3. The molecule has 1 N–H and O–H groups in total. The maximum absolute atomic E-state index is 12.3. The van der Waals surface area contributed by atoms with Crippen LogP contribution in [0.4, 0.5) is 5.69 Å². The Kier molecular flexibility index (Phi) is 5.58. The highest BCUT2D eigenvalue weighted by molar-refractivity contribution is 6.30. The van der Waals surface area contributed by atoms with Crippen molar-refractivity contribution in [1.82, 2.24) is 10.2 Å². The number of hydrogen-bond donors (Lipinski definition) is 1. The van der Waals surface area contributed by atoms with Crippen molar-refractivity contribution in [2.75, 3.05) is 37.6 Å². The fraction of sp³-hybridized carbons (Fsp3) is 0.278. The summed E-state index contributed by atoms with van der Waals surface area (Å²) in [6.45, 7) is 2.53. The third kappa shape index (κ3) is 4.43. The van der Waals surface area contributed by atoms with Crippen molar-refractivity contribution in [3.05, 3.63) is 64.6 Å². The molecule has 0 spiro atoms. The van der Waals surface area contributed by atoms with E-state index in [9.17, 15) is 14.8 Å². The molecule has 2 amide bonds. The molecule has 2 heterocycles. The molecular formula is C18H19ClN4O3. The first-order valence-electron chi connectivity index (χ1n) is 8.28. The Morgan fingerprint density at radius 2 is 1.81 bits per heavy atom. The summed E-state index contributed by atoms with van der Waals surface area (Å²) in [6, 6.07) is 10.5. The molecule has 0 unspecified atom stereocenters. The van der Waals surface area contributed by atoms with E-state index in [2.05, 4.69) is 10.2 Å².